The van der Waals surface area contributed by atoms with Crippen molar-refractivity contribution in [2.75, 3.05) is 7.11 Å². The summed E-state index contributed by atoms with van der Waals surface area (Å²) in [6, 6.07) is 1.31. The van der Waals surface area contributed by atoms with Crippen molar-refractivity contribution < 1.29 is 14.0 Å². The predicted octanol–water partition coefficient (Wildman–Crippen LogP) is 2.19. The van der Waals surface area contributed by atoms with E-state index in [4.69, 9.17) is 22.2 Å². The van der Waals surface area contributed by atoms with Crippen LogP contribution in [-0.4, -0.2) is 7.11 Å². The molecule has 0 saturated heterocycles. The first kappa shape index (κ1) is 11.2. The molecule has 0 saturated carbocycles. The number of benzene rings is 1. The van der Waals surface area contributed by atoms with Gasteiger partial charge < -0.3 is 4.74 Å². The molecule has 0 fully saturated rings. The molecule has 0 unspecified atom stereocenters. The molecule has 0 aliphatic rings. The van der Waals surface area contributed by atoms with Gasteiger partial charge in [0, 0.05) is 5.56 Å². The Hall–Kier alpha value is -0.840. The van der Waals surface area contributed by atoms with Crippen LogP contribution in [0.1, 0.15) is 11.1 Å². The number of hydrogen-bond acceptors (Lipinski definition) is 3. The summed E-state index contributed by atoms with van der Waals surface area (Å²) in [5.74, 6) is 4.92. The van der Waals surface area contributed by atoms with Gasteiger partial charge in [0.2, 0.25) is 0 Å². The van der Waals surface area contributed by atoms with Gasteiger partial charge in [-0.1, -0.05) is 11.6 Å². The van der Waals surface area contributed by atoms with Gasteiger partial charge in [-0.25, -0.2) is 10.3 Å². The Labute approximate surface area is 86.5 Å². The molecule has 1 rings (SSSR count). The van der Waals surface area contributed by atoms with Crippen LogP contribution in [0, 0.1) is 12.7 Å². The van der Waals surface area contributed by atoms with Gasteiger partial charge in [-0.2, -0.15) is 0 Å². The number of rotatable bonds is 3. The second-order valence-electron chi connectivity index (χ2n) is 2.81. The van der Waals surface area contributed by atoms with E-state index in [2.05, 4.69) is 4.84 Å². The van der Waals surface area contributed by atoms with Gasteiger partial charge in [0.05, 0.1) is 18.7 Å². The number of hydrogen-bond donors (Lipinski definition) is 1. The van der Waals surface area contributed by atoms with Crippen LogP contribution in [-0.2, 0) is 11.4 Å². The lowest BCUT2D eigenvalue weighted by atomic mass is 10.1. The van der Waals surface area contributed by atoms with E-state index in [1.165, 1.54) is 13.2 Å². The third-order valence-corrected chi connectivity index (χ3v) is 2.29. The molecule has 5 heteroatoms. The minimum atomic E-state index is -0.503. The summed E-state index contributed by atoms with van der Waals surface area (Å²) in [4.78, 5) is 4.43. The van der Waals surface area contributed by atoms with Crippen LogP contribution in [0.25, 0.3) is 0 Å². The van der Waals surface area contributed by atoms with Crippen molar-refractivity contribution in [1.29, 1.82) is 0 Å². The van der Waals surface area contributed by atoms with E-state index in [1.807, 2.05) is 0 Å². The number of halogens is 2. The molecule has 0 aromatic heterocycles. The average Bonchev–Trinajstić information content (AvgIpc) is 2.14. The van der Waals surface area contributed by atoms with Crippen LogP contribution in [0.5, 0.6) is 5.75 Å². The van der Waals surface area contributed by atoms with Crippen LogP contribution in [0.3, 0.4) is 0 Å². The molecule has 0 atom stereocenters. The molecule has 0 bridgehead atoms. The normalized spacial score (nSPS) is 10.4. The maximum atomic E-state index is 13.2. The molecule has 1 aromatic rings. The zero-order chi connectivity index (χ0) is 10.7. The van der Waals surface area contributed by atoms with E-state index in [9.17, 15) is 4.39 Å². The quantitative estimate of drug-likeness (QED) is 0.793. The fourth-order valence-corrected chi connectivity index (χ4v) is 1.49. The highest BCUT2D eigenvalue weighted by Crippen LogP contribution is 2.32. The first-order valence-electron chi connectivity index (χ1n) is 3.95. The lowest BCUT2D eigenvalue weighted by Crippen LogP contribution is -2.04. The molecule has 0 aliphatic carbocycles. The van der Waals surface area contributed by atoms with Crippen molar-refractivity contribution >= 4 is 11.6 Å². The highest BCUT2D eigenvalue weighted by Gasteiger charge is 2.15. The second-order valence-corrected chi connectivity index (χ2v) is 3.19. The number of nitrogens with two attached hydrogens (primary N) is 1. The molecule has 14 heavy (non-hydrogen) atoms. The highest BCUT2D eigenvalue weighted by molar-refractivity contribution is 6.31. The largest absolute Gasteiger partial charge is 0.496 e. The van der Waals surface area contributed by atoms with Crippen molar-refractivity contribution in [1.82, 2.24) is 0 Å². The van der Waals surface area contributed by atoms with Gasteiger partial charge in [0.1, 0.15) is 11.6 Å². The molecule has 1 aromatic carbocycles. The van der Waals surface area contributed by atoms with E-state index in [0.29, 0.717) is 16.9 Å². The second kappa shape index (κ2) is 4.59. The maximum absolute atomic E-state index is 13.2. The van der Waals surface area contributed by atoms with Crippen LogP contribution in [0.2, 0.25) is 5.02 Å². The minimum absolute atomic E-state index is 0.0145. The Bertz CT molecular complexity index is 344. The average molecular weight is 220 g/mol. The van der Waals surface area contributed by atoms with Gasteiger partial charge in [0.25, 0.3) is 0 Å². The van der Waals surface area contributed by atoms with Crippen LogP contribution in [0.4, 0.5) is 4.39 Å². The van der Waals surface area contributed by atoms with E-state index in [1.54, 1.807) is 6.92 Å². The number of aryl methyl sites for hydroxylation is 1. The third kappa shape index (κ3) is 1.97. The Morgan fingerprint density at radius 3 is 2.71 bits per heavy atom. The van der Waals surface area contributed by atoms with Gasteiger partial charge in [0.15, 0.2) is 0 Å². The molecule has 0 aliphatic heterocycles. The Morgan fingerprint density at radius 2 is 2.21 bits per heavy atom. The van der Waals surface area contributed by atoms with Crippen LogP contribution < -0.4 is 10.6 Å². The summed E-state index contributed by atoms with van der Waals surface area (Å²) in [6.07, 6.45) is 0. The Morgan fingerprint density at radius 1 is 1.57 bits per heavy atom. The summed E-state index contributed by atoms with van der Waals surface area (Å²) in [5, 5.41) is -0.0158. The summed E-state index contributed by atoms with van der Waals surface area (Å²) < 4.78 is 18.3. The van der Waals surface area contributed by atoms with E-state index >= 15 is 0 Å². The first-order valence-corrected chi connectivity index (χ1v) is 4.32. The minimum Gasteiger partial charge on any atom is -0.496 e. The summed E-state index contributed by atoms with van der Waals surface area (Å²) in [7, 11) is 1.48. The highest BCUT2D eigenvalue weighted by atomic mass is 35.5. The monoisotopic (exact) mass is 219 g/mol. The lowest BCUT2D eigenvalue weighted by Gasteiger charge is -2.12. The maximum Gasteiger partial charge on any atom is 0.142 e. The molecule has 78 valence electrons. The smallest absolute Gasteiger partial charge is 0.142 e. The fourth-order valence-electron chi connectivity index (χ4n) is 1.30. The van der Waals surface area contributed by atoms with Crippen molar-refractivity contribution in [2.24, 2.45) is 5.90 Å². The van der Waals surface area contributed by atoms with E-state index in [-0.39, 0.29) is 11.6 Å². The fraction of sp³-hybridized carbons (Fsp3) is 0.333. The van der Waals surface area contributed by atoms with Crippen LogP contribution >= 0.6 is 11.6 Å². The Balaban J connectivity index is 3.32. The van der Waals surface area contributed by atoms with Gasteiger partial charge in [-0.15, -0.1) is 0 Å². The predicted molar refractivity (Wildman–Crippen MR) is 51.7 cm³/mol. The number of methoxy groups -OCH3 is 1. The molecular formula is C9H11ClFNO2. The standard InChI is InChI=1S/C9H11ClFNO2/c1-5-3-7(11)8(10)6(4-14-12)9(5)13-2/h3H,4,12H2,1-2H3. The van der Waals surface area contributed by atoms with E-state index in [0.717, 1.165) is 0 Å². The van der Waals surface area contributed by atoms with E-state index < -0.39 is 5.82 Å². The molecule has 2 N–H and O–H groups in total. The molecular weight excluding hydrogens is 209 g/mol. The topological polar surface area (TPSA) is 44.5 Å². The summed E-state index contributed by atoms with van der Waals surface area (Å²) in [5.41, 5.74) is 1.08. The van der Waals surface area contributed by atoms with Crippen molar-refractivity contribution in [3.05, 3.63) is 28.0 Å². The third-order valence-electron chi connectivity index (χ3n) is 1.88. The summed E-state index contributed by atoms with van der Waals surface area (Å²) in [6.45, 7) is 1.73. The Kier molecular flexibility index (Phi) is 3.69. The molecule has 3 nitrogen and oxygen atoms in total. The van der Waals surface area contributed by atoms with Gasteiger partial charge in [-0.05, 0) is 18.6 Å². The molecule has 0 spiro atoms. The molecule has 0 amide bonds. The van der Waals surface area contributed by atoms with Crippen molar-refractivity contribution in [3.8, 4) is 5.75 Å². The zero-order valence-corrected chi connectivity index (χ0v) is 8.69. The van der Waals surface area contributed by atoms with Crippen molar-refractivity contribution in [2.45, 2.75) is 13.5 Å². The molecule has 0 radical (unpaired) electrons. The lowest BCUT2D eigenvalue weighted by molar-refractivity contribution is 0.122. The summed E-state index contributed by atoms with van der Waals surface area (Å²) >= 11 is 5.74. The van der Waals surface area contributed by atoms with Gasteiger partial charge in [-0.3, -0.25) is 4.84 Å². The SMILES string of the molecule is COc1c(C)cc(F)c(Cl)c1CON. The first-order chi connectivity index (χ1) is 6.61. The zero-order valence-electron chi connectivity index (χ0n) is 7.93. The van der Waals surface area contributed by atoms with Crippen LogP contribution in [0.15, 0.2) is 6.07 Å². The number of ether oxygens (including phenoxy) is 1. The molecule has 0 heterocycles. The van der Waals surface area contributed by atoms with Crippen molar-refractivity contribution in [3.63, 3.8) is 0 Å². The van der Waals surface area contributed by atoms with Gasteiger partial charge >= 0.3 is 0 Å².